The number of aliphatic hydroxyl groups is 1. The predicted molar refractivity (Wildman–Crippen MR) is 71.8 cm³/mol. The van der Waals surface area contributed by atoms with E-state index in [2.05, 4.69) is 24.3 Å². The Balaban J connectivity index is 2.89. The van der Waals surface area contributed by atoms with Crippen LogP contribution in [-0.2, 0) is 20.0 Å². The van der Waals surface area contributed by atoms with Gasteiger partial charge in [0.1, 0.15) is 0 Å². The molecule has 0 aliphatic rings. The van der Waals surface area contributed by atoms with Crippen LogP contribution >= 0.6 is 0 Å². The molecular weight excluding hydrogens is 230 g/mol. The minimum atomic E-state index is -0.258. The average molecular weight is 255 g/mol. The maximum Gasteiger partial charge on any atom is 0.216 e. The molecule has 1 unspecified atom stereocenters. The van der Waals surface area contributed by atoms with Crippen LogP contribution in [0.4, 0.5) is 0 Å². The van der Waals surface area contributed by atoms with Crippen LogP contribution < -0.4 is 10.1 Å². The van der Waals surface area contributed by atoms with Crippen LogP contribution in [0, 0.1) is 0 Å². The first-order valence-corrected chi connectivity index (χ1v) is 6.46. The average Bonchev–Trinajstić information content (AvgIpc) is 2.71. The van der Waals surface area contributed by atoms with E-state index in [1.54, 1.807) is 11.8 Å². The number of aliphatic hydroxyl groups excluding tert-OH is 1. The number of hydrogen-bond donors (Lipinski definition) is 2. The first-order chi connectivity index (χ1) is 8.51. The zero-order valence-electron chi connectivity index (χ0n) is 12.1. The van der Waals surface area contributed by atoms with Crippen LogP contribution in [0.5, 0.6) is 5.88 Å². The molecule has 5 nitrogen and oxygen atoms in total. The molecule has 0 saturated carbocycles. The number of nitrogens with one attached hydrogen (secondary N) is 1. The summed E-state index contributed by atoms with van der Waals surface area (Å²) < 4.78 is 7.15. The molecule has 0 saturated heterocycles. The lowest BCUT2D eigenvalue weighted by atomic mass is 10.00. The van der Waals surface area contributed by atoms with E-state index in [1.807, 2.05) is 14.0 Å². The van der Waals surface area contributed by atoms with Gasteiger partial charge in [0, 0.05) is 19.1 Å². The minimum Gasteiger partial charge on any atom is -0.481 e. The molecule has 2 N–H and O–H groups in total. The van der Waals surface area contributed by atoms with Crippen molar-refractivity contribution in [2.45, 2.75) is 45.7 Å². The Morgan fingerprint density at radius 1 is 1.44 bits per heavy atom. The van der Waals surface area contributed by atoms with E-state index in [-0.39, 0.29) is 12.1 Å². The molecule has 18 heavy (non-hydrogen) atoms. The zero-order valence-corrected chi connectivity index (χ0v) is 12.1. The molecule has 0 amide bonds. The number of hydrogen-bond acceptors (Lipinski definition) is 4. The number of rotatable bonds is 7. The second kappa shape index (κ2) is 6.20. The first kappa shape index (κ1) is 15.0. The SMILES string of the molecule is CCc1nn(C)c(OC)c1CNC(C)(CC)CO. The van der Waals surface area contributed by atoms with Crippen molar-refractivity contribution in [3.8, 4) is 5.88 Å². The Hall–Kier alpha value is -1.07. The first-order valence-electron chi connectivity index (χ1n) is 6.46. The fourth-order valence-electron chi connectivity index (χ4n) is 1.92. The molecule has 0 aliphatic carbocycles. The van der Waals surface area contributed by atoms with Gasteiger partial charge >= 0.3 is 0 Å². The van der Waals surface area contributed by atoms with Gasteiger partial charge in [0.05, 0.1) is 25.0 Å². The Morgan fingerprint density at radius 3 is 2.56 bits per heavy atom. The Kier molecular flexibility index (Phi) is 5.16. The third-order valence-electron chi connectivity index (χ3n) is 3.52. The highest BCUT2D eigenvalue weighted by Gasteiger charge is 2.23. The van der Waals surface area contributed by atoms with Crippen molar-refractivity contribution >= 4 is 0 Å². The molecule has 0 aromatic carbocycles. The van der Waals surface area contributed by atoms with Gasteiger partial charge < -0.3 is 15.2 Å². The number of nitrogens with zero attached hydrogens (tertiary/aromatic N) is 2. The Bertz CT molecular complexity index is 384. The highest BCUT2D eigenvalue weighted by atomic mass is 16.5. The third-order valence-corrected chi connectivity index (χ3v) is 3.52. The van der Waals surface area contributed by atoms with E-state index >= 15 is 0 Å². The predicted octanol–water partition coefficient (Wildman–Crippen LogP) is 1.24. The van der Waals surface area contributed by atoms with Gasteiger partial charge in [-0.3, -0.25) is 0 Å². The number of aryl methyl sites for hydroxylation is 2. The summed E-state index contributed by atoms with van der Waals surface area (Å²) >= 11 is 0. The van der Waals surface area contributed by atoms with Gasteiger partial charge in [-0.1, -0.05) is 13.8 Å². The number of methoxy groups -OCH3 is 1. The molecule has 1 aromatic heterocycles. The maximum atomic E-state index is 9.41. The summed E-state index contributed by atoms with van der Waals surface area (Å²) in [5.41, 5.74) is 1.86. The van der Waals surface area contributed by atoms with Crippen molar-refractivity contribution in [3.63, 3.8) is 0 Å². The molecule has 1 heterocycles. The quantitative estimate of drug-likeness (QED) is 0.769. The fourth-order valence-corrected chi connectivity index (χ4v) is 1.92. The Labute approximate surface area is 109 Å². The van der Waals surface area contributed by atoms with Crippen molar-refractivity contribution in [2.24, 2.45) is 7.05 Å². The summed E-state index contributed by atoms with van der Waals surface area (Å²) in [7, 11) is 3.54. The zero-order chi connectivity index (χ0) is 13.8. The van der Waals surface area contributed by atoms with Crippen molar-refractivity contribution in [2.75, 3.05) is 13.7 Å². The van der Waals surface area contributed by atoms with Crippen LogP contribution in [0.3, 0.4) is 0 Å². The standard InChI is InChI=1S/C13H25N3O2/c1-6-11-10(12(18-5)16(4)15-11)8-14-13(3,7-2)9-17/h14,17H,6-9H2,1-5H3. The van der Waals surface area contributed by atoms with Gasteiger partial charge in [-0.2, -0.15) is 5.10 Å². The summed E-state index contributed by atoms with van der Waals surface area (Å²) in [5, 5.41) is 17.2. The Morgan fingerprint density at radius 2 is 2.11 bits per heavy atom. The topological polar surface area (TPSA) is 59.3 Å². The molecular formula is C13H25N3O2. The highest BCUT2D eigenvalue weighted by Crippen LogP contribution is 2.23. The molecule has 0 radical (unpaired) electrons. The monoisotopic (exact) mass is 255 g/mol. The highest BCUT2D eigenvalue weighted by molar-refractivity contribution is 5.31. The maximum absolute atomic E-state index is 9.41. The van der Waals surface area contributed by atoms with Gasteiger partial charge in [-0.05, 0) is 19.8 Å². The summed E-state index contributed by atoms with van der Waals surface area (Å²) in [5.74, 6) is 0.788. The summed E-state index contributed by atoms with van der Waals surface area (Å²) in [6.07, 6.45) is 1.74. The molecule has 1 aromatic rings. The molecule has 0 bridgehead atoms. The van der Waals surface area contributed by atoms with Crippen LogP contribution in [0.15, 0.2) is 0 Å². The fraction of sp³-hybridized carbons (Fsp3) is 0.769. The second-order valence-electron chi connectivity index (χ2n) is 4.84. The van der Waals surface area contributed by atoms with E-state index in [9.17, 15) is 5.11 Å². The molecule has 1 atom stereocenters. The van der Waals surface area contributed by atoms with Crippen LogP contribution in [0.1, 0.15) is 38.4 Å². The summed E-state index contributed by atoms with van der Waals surface area (Å²) in [6.45, 7) is 6.93. The van der Waals surface area contributed by atoms with E-state index in [4.69, 9.17) is 4.74 Å². The molecule has 0 fully saturated rings. The summed E-state index contributed by atoms with van der Waals surface area (Å²) in [4.78, 5) is 0. The van der Waals surface area contributed by atoms with E-state index in [0.29, 0.717) is 6.54 Å². The van der Waals surface area contributed by atoms with Gasteiger partial charge in [0.2, 0.25) is 5.88 Å². The molecule has 0 aliphatic heterocycles. The summed E-state index contributed by atoms with van der Waals surface area (Å²) in [6, 6.07) is 0. The largest absolute Gasteiger partial charge is 0.481 e. The van der Waals surface area contributed by atoms with Crippen LogP contribution in [-0.4, -0.2) is 34.1 Å². The lowest BCUT2D eigenvalue weighted by Crippen LogP contribution is -2.44. The van der Waals surface area contributed by atoms with Crippen molar-refractivity contribution in [1.29, 1.82) is 0 Å². The lowest BCUT2D eigenvalue weighted by Gasteiger charge is -2.27. The molecule has 1 rings (SSSR count). The van der Waals surface area contributed by atoms with Crippen molar-refractivity contribution < 1.29 is 9.84 Å². The van der Waals surface area contributed by atoms with E-state index in [1.165, 1.54) is 0 Å². The van der Waals surface area contributed by atoms with Crippen molar-refractivity contribution in [3.05, 3.63) is 11.3 Å². The third kappa shape index (κ3) is 3.03. The van der Waals surface area contributed by atoms with Gasteiger partial charge in [0.25, 0.3) is 0 Å². The number of aromatic nitrogens is 2. The molecule has 104 valence electrons. The van der Waals surface area contributed by atoms with E-state index in [0.717, 1.165) is 30.0 Å². The normalized spacial score (nSPS) is 14.6. The smallest absolute Gasteiger partial charge is 0.216 e. The van der Waals surface area contributed by atoms with Gasteiger partial charge in [-0.25, -0.2) is 4.68 Å². The minimum absolute atomic E-state index is 0.119. The number of ether oxygens (including phenoxy) is 1. The van der Waals surface area contributed by atoms with Gasteiger partial charge in [-0.15, -0.1) is 0 Å². The molecule has 5 heteroatoms. The van der Waals surface area contributed by atoms with Gasteiger partial charge in [0.15, 0.2) is 0 Å². The second-order valence-corrected chi connectivity index (χ2v) is 4.84. The van der Waals surface area contributed by atoms with Crippen LogP contribution in [0.25, 0.3) is 0 Å². The molecule has 0 spiro atoms. The lowest BCUT2D eigenvalue weighted by molar-refractivity contribution is 0.168. The van der Waals surface area contributed by atoms with Crippen molar-refractivity contribution in [1.82, 2.24) is 15.1 Å². The van der Waals surface area contributed by atoms with E-state index < -0.39 is 0 Å². The van der Waals surface area contributed by atoms with Crippen LogP contribution in [0.2, 0.25) is 0 Å².